The number of nitrogens with zero attached hydrogens (tertiary/aromatic N) is 2. The zero-order valence-electron chi connectivity index (χ0n) is 20.7. The number of aliphatic hydroxyl groups is 1. The molecule has 0 bridgehead atoms. The van der Waals surface area contributed by atoms with E-state index in [-0.39, 0.29) is 12.0 Å². The first-order chi connectivity index (χ1) is 17.3. The van der Waals surface area contributed by atoms with Crippen LogP contribution in [0.15, 0.2) is 91.1 Å². The summed E-state index contributed by atoms with van der Waals surface area (Å²) in [4.78, 5) is 6.45. The second kappa shape index (κ2) is 11.0. The summed E-state index contributed by atoms with van der Waals surface area (Å²) >= 11 is 0. The topological polar surface area (TPSA) is 45.6 Å². The van der Waals surface area contributed by atoms with Crippen molar-refractivity contribution in [3.8, 4) is 17.0 Å². The Labute approximate surface area is 210 Å². The number of hydrogen-bond acceptors (Lipinski definition) is 4. The molecule has 4 aromatic rings. The molecule has 0 radical (unpaired) electrons. The summed E-state index contributed by atoms with van der Waals surface area (Å²) in [6.07, 6.45) is 1.85. The molecule has 0 amide bonds. The van der Waals surface area contributed by atoms with Gasteiger partial charge in [0.05, 0.1) is 7.11 Å². The Hall–Kier alpha value is -3.61. The minimum Gasteiger partial charge on any atom is -0.481 e. The van der Waals surface area contributed by atoms with Crippen LogP contribution in [0.2, 0.25) is 0 Å². The highest BCUT2D eigenvalue weighted by Crippen LogP contribution is 2.48. The summed E-state index contributed by atoms with van der Waals surface area (Å²) in [6.45, 7) is 0.434. The van der Waals surface area contributed by atoms with Gasteiger partial charge in [-0.25, -0.2) is 13.8 Å². The molecule has 2 atom stereocenters. The summed E-state index contributed by atoms with van der Waals surface area (Å²) in [5, 5.41) is 12.5. The van der Waals surface area contributed by atoms with Gasteiger partial charge in [0.25, 0.3) is 0 Å². The number of hydrogen-bond donors (Lipinski definition) is 1. The lowest BCUT2D eigenvalue weighted by Gasteiger charge is -2.39. The van der Waals surface area contributed by atoms with Crippen LogP contribution in [0.1, 0.15) is 29.0 Å². The van der Waals surface area contributed by atoms with Crippen molar-refractivity contribution in [1.82, 2.24) is 9.88 Å². The van der Waals surface area contributed by atoms with Gasteiger partial charge < -0.3 is 14.7 Å². The Balaban J connectivity index is 2.01. The predicted octanol–water partition coefficient (Wildman–Crippen LogP) is 6.01. The highest BCUT2D eigenvalue weighted by Gasteiger charge is 2.44. The molecule has 0 saturated carbocycles. The molecule has 0 aliphatic heterocycles. The van der Waals surface area contributed by atoms with E-state index in [9.17, 15) is 9.50 Å². The fraction of sp³-hybridized carbons (Fsp3) is 0.233. The Morgan fingerprint density at radius 2 is 1.58 bits per heavy atom. The number of pyridine rings is 1. The second-order valence-electron chi connectivity index (χ2n) is 9.13. The third kappa shape index (κ3) is 5.30. The zero-order chi connectivity index (χ0) is 25.7. The van der Waals surface area contributed by atoms with E-state index in [4.69, 9.17) is 4.74 Å². The van der Waals surface area contributed by atoms with E-state index in [1.54, 1.807) is 6.20 Å². The fourth-order valence-corrected chi connectivity index (χ4v) is 4.65. The van der Waals surface area contributed by atoms with Crippen LogP contribution < -0.4 is 4.74 Å². The van der Waals surface area contributed by atoms with Crippen LogP contribution in [0.4, 0.5) is 8.78 Å². The molecule has 3 aromatic carbocycles. The molecule has 4 nitrogen and oxygen atoms in total. The monoisotopic (exact) mass is 488 g/mol. The summed E-state index contributed by atoms with van der Waals surface area (Å²) in [5.41, 5.74) is 1.15. The molecule has 6 heteroatoms. The van der Waals surface area contributed by atoms with E-state index in [2.05, 4.69) is 4.98 Å². The summed E-state index contributed by atoms with van der Waals surface area (Å²) in [7, 11) is 5.26. The van der Waals surface area contributed by atoms with Gasteiger partial charge in [0.1, 0.15) is 17.2 Å². The molecule has 186 valence electrons. The lowest BCUT2D eigenvalue weighted by atomic mass is 9.71. The number of methoxy groups -OCH3 is 1. The molecule has 36 heavy (non-hydrogen) atoms. The number of ether oxygens (including phenoxy) is 1. The van der Waals surface area contributed by atoms with Crippen molar-refractivity contribution in [3.63, 3.8) is 0 Å². The van der Waals surface area contributed by atoms with Crippen molar-refractivity contribution < 1.29 is 18.6 Å². The molecule has 0 aliphatic rings. The van der Waals surface area contributed by atoms with Gasteiger partial charge in [0.15, 0.2) is 0 Å². The van der Waals surface area contributed by atoms with Crippen LogP contribution in [-0.4, -0.2) is 42.7 Å². The average molecular weight is 489 g/mol. The molecule has 0 fully saturated rings. The third-order valence-electron chi connectivity index (χ3n) is 6.44. The fourth-order valence-electron chi connectivity index (χ4n) is 4.65. The zero-order valence-corrected chi connectivity index (χ0v) is 20.7. The van der Waals surface area contributed by atoms with Crippen molar-refractivity contribution in [2.45, 2.75) is 17.9 Å². The van der Waals surface area contributed by atoms with Crippen LogP contribution in [0, 0.1) is 11.6 Å². The molecule has 4 rings (SSSR count). The van der Waals surface area contributed by atoms with E-state index in [1.165, 1.54) is 7.11 Å². The first kappa shape index (κ1) is 25.5. The first-order valence-electron chi connectivity index (χ1n) is 11.8. The van der Waals surface area contributed by atoms with Gasteiger partial charge in [0, 0.05) is 35.3 Å². The van der Waals surface area contributed by atoms with Gasteiger partial charge in [0.2, 0.25) is 5.88 Å². The van der Waals surface area contributed by atoms with Crippen LogP contribution >= 0.6 is 0 Å². The number of halogens is 2. The van der Waals surface area contributed by atoms with Crippen molar-refractivity contribution in [1.29, 1.82) is 0 Å². The SMILES string of the molecule is COc1ncc(-c2ccccc2)cc1C(c1ccccc1)C(O)(CCN(C)C)c1cc(F)ccc1F. The number of benzene rings is 3. The number of rotatable bonds is 9. The first-order valence-corrected chi connectivity index (χ1v) is 11.8. The van der Waals surface area contributed by atoms with E-state index in [0.717, 1.165) is 34.9 Å². The highest BCUT2D eigenvalue weighted by molar-refractivity contribution is 5.65. The van der Waals surface area contributed by atoms with Crippen LogP contribution in [-0.2, 0) is 5.60 Å². The van der Waals surface area contributed by atoms with Crippen LogP contribution in [0.25, 0.3) is 11.1 Å². The van der Waals surface area contributed by atoms with Crippen LogP contribution in [0.5, 0.6) is 5.88 Å². The second-order valence-corrected chi connectivity index (χ2v) is 9.13. The lowest BCUT2D eigenvalue weighted by molar-refractivity contribution is 0.000317. The molecule has 1 N–H and O–H groups in total. The van der Waals surface area contributed by atoms with Crippen molar-refractivity contribution in [2.75, 3.05) is 27.7 Å². The molecule has 0 spiro atoms. The summed E-state index contributed by atoms with van der Waals surface area (Å²) in [5.74, 6) is -1.79. The number of aromatic nitrogens is 1. The van der Waals surface area contributed by atoms with Gasteiger partial charge >= 0.3 is 0 Å². The summed E-state index contributed by atoms with van der Waals surface area (Å²) < 4.78 is 35.4. The molecular formula is C30H30F2N2O2. The Morgan fingerprint density at radius 3 is 2.22 bits per heavy atom. The molecule has 0 saturated heterocycles. The minimum absolute atomic E-state index is 0.106. The minimum atomic E-state index is -1.82. The van der Waals surface area contributed by atoms with Crippen molar-refractivity contribution in [2.24, 2.45) is 0 Å². The predicted molar refractivity (Wildman–Crippen MR) is 138 cm³/mol. The molecule has 0 aliphatic carbocycles. The maximum atomic E-state index is 15.3. The molecule has 2 unspecified atom stereocenters. The summed E-state index contributed by atoms with van der Waals surface area (Å²) in [6, 6.07) is 24.2. The smallest absolute Gasteiger partial charge is 0.217 e. The van der Waals surface area contributed by atoms with Gasteiger partial charge in [-0.15, -0.1) is 0 Å². The van der Waals surface area contributed by atoms with Gasteiger partial charge in [-0.1, -0.05) is 60.7 Å². The Bertz CT molecular complexity index is 1300. The van der Waals surface area contributed by atoms with Gasteiger partial charge in [-0.05, 0) is 55.9 Å². The quantitative estimate of drug-likeness (QED) is 0.314. The normalized spacial score (nSPS) is 13.9. The van der Waals surface area contributed by atoms with E-state index < -0.39 is 23.2 Å². The maximum absolute atomic E-state index is 15.3. The van der Waals surface area contributed by atoms with E-state index >= 15 is 4.39 Å². The van der Waals surface area contributed by atoms with Crippen molar-refractivity contribution in [3.05, 3.63) is 119 Å². The van der Waals surface area contributed by atoms with E-state index in [0.29, 0.717) is 18.0 Å². The highest BCUT2D eigenvalue weighted by atomic mass is 19.1. The lowest BCUT2D eigenvalue weighted by Crippen LogP contribution is -2.38. The van der Waals surface area contributed by atoms with Crippen molar-refractivity contribution >= 4 is 0 Å². The molecule has 1 heterocycles. The standard InChI is InChI=1S/C30H30F2N2O2/c1-34(2)17-16-30(35,26-19-24(31)14-15-27(26)32)28(22-12-8-5-9-13-22)25-18-23(20-33-29(25)36-3)21-10-6-4-7-11-21/h4-15,18-20,28,35H,16-17H2,1-3H3. The van der Waals surface area contributed by atoms with Crippen LogP contribution in [0.3, 0.4) is 0 Å². The largest absolute Gasteiger partial charge is 0.481 e. The Morgan fingerprint density at radius 1 is 0.917 bits per heavy atom. The molecular weight excluding hydrogens is 458 g/mol. The molecule has 1 aromatic heterocycles. The third-order valence-corrected chi connectivity index (χ3v) is 6.44. The average Bonchev–Trinajstić information content (AvgIpc) is 2.90. The van der Waals surface area contributed by atoms with E-state index in [1.807, 2.05) is 85.7 Å². The van der Waals surface area contributed by atoms with Gasteiger partial charge in [-0.3, -0.25) is 0 Å². The Kier molecular flexibility index (Phi) is 7.77. The van der Waals surface area contributed by atoms with Gasteiger partial charge in [-0.2, -0.15) is 0 Å². The maximum Gasteiger partial charge on any atom is 0.217 e.